The summed E-state index contributed by atoms with van der Waals surface area (Å²) in [5.74, 6) is -0.118. The van der Waals surface area contributed by atoms with Crippen LogP contribution in [-0.4, -0.2) is 44.5 Å². The smallest absolute Gasteiger partial charge is 0.326 e. The standard InChI is InChI=1S/C24H24F2N6O2/c1-3-4-14-9-21(31-30-14)27-20-11-22(32-6-5-15(33)12-32)29-24(28-20)34-19-10-18(25)16-7-13(2)8-17(16)23(19)26/h3-4,8-11,15,33H,5-7,12H2,1-2H3,(H2,27,28,29,30,31)/b4-3+. The van der Waals surface area contributed by atoms with Crippen molar-refractivity contribution in [2.75, 3.05) is 23.3 Å². The number of aliphatic hydroxyl groups excluding tert-OH is 1. The minimum absolute atomic E-state index is 0.150. The third-order valence-corrected chi connectivity index (χ3v) is 5.75. The van der Waals surface area contributed by atoms with Crippen LogP contribution in [0, 0.1) is 11.6 Å². The fourth-order valence-corrected chi connectivity index (χ4v) is 4.17. The number of ether oxygens (including phenoxy) is 1. The van der Waals surface area contributed by atoms with Crippen molar-refractivity contribution in [2.45, 2.75) is 32.8 Å². The highest BCUT2D eigenvalue weighted by Crippen LogP contribution is 2.36. The SMILES string of the molecule is C/C=C/c1cc(Nc2cc(N3CCC(O)C3)nc(Oc3cc(F)c4c(c3F)C=C(C)C4)n2)n[nH]1. The molecule has 176 valence electrons. The van der Waals surface area contributed by atoms with Gasteiger partial charge in [-0.05, 0) is 32.8 Å². The summed E-state index contributed by atoms with van der Waals surface area (Å²) in [5, 5.41) is 20.1. The predicted octanol–water partition coefficient (Wildman–Crippen LogP) is 4.58. The fourth-order valence-electron chi connectivity index (χ4n) is 4.17. The average molecular weight is 466 g/mol. The van der Waals surface area contributed by atoms with Gasteiger partial charge in [-0.2, -0.15) is 15.1 Å². The Morgan fingerprint density at radius 2 is 2.09 bits per heavy atom. The molecule has 1 atom stereocenters. The van der Waals surface area contributed by atoms with Crippen molar-refractivity contribution in [1.82, 2.24) is 20.2 Å². The van der Waals surface area contributed by atoms with Crippen LogP contribution in [0.25, 0.3) is 12.2 Å². The van der Waals surface area contributed by atoms with Gasteiger partial charge in [0.2, 0.25) is 0 Å². The molecule has 2 aromatic heterocycles. The Morgan fingerprint density at radius 3 is 2.85 bits per heavy atom. The van der Waals surface area contributed by atoms with Gasteiger partial charge in [-0.15, -0.1) is 0 Å². The topological polar surface area (TPSA) is 99.2 Å². The van der Waals surface area contributed by atoms with E-state index in [2.05, 4.69) is 25.5 Å². The fraction of sp³-hybridized carbons (Fsp3) is 0.292. The molecule has 0 amide bonds. The molecule has 8 nitrogen and oxygen atoms in total. The molecule has 3 heterocycles. The number of rotatable bonds is 6. The second-order valence-corrected chi connectivity index (χ2v) is 8.45. The summed E-state index contributed by atoms with van der Waals surface area (Å²) >= 11 is 0. The molecule has 3 aromatic rings. The van der Waals surface area contributed by atoms with Crippen LogP contribution in [0.1, 0.15) is 37.1 Å². The molecule has 1 aliphatic heterocycles. The molecule has 1 aliphatic carbocycles. The summed E-state index contributed by atoms with van der Waals surface area (Å²) in [6, 6.07) is 4.37. The summed E-state index contributed by atoms with van der Waals surface area (Å²) in [7, 11) is 0. The number of nitrogens with zero attached hydrogens (tertiary/aromatic N) is 4. The molecule has 0 saturated carbocycles. The number of halogens is 2. The summed E-state index contributed by atoms with van der Waals surface area (Å²) in [4.78, 5) is 10.6. The second-order valence-electron chi connectivity index (χ2n) is 8.45. The normalized spacial score (nSPS) is 17.4. The monoisotopic (exact) mass is 466 g/mol. The van der Waals surface area contributed by atoms with E-state index in [0.717, 1.165) is 17.3 Å². The zero-order chi connectivity index (χ0) is 23.8. The average Bonchev–Trinajstić information content (AvgIpc) is 3.52. The summed E-state index contributed by atoms with van der Waals surface area (Å²) in [6.45, 7) is 4.72. The zero-order valence-electron chi connectivity index (χ0n) is 18.8. The molecule has 1 saturated heterocycles. The first-order valence-corrected chi connectivity index (χ1v) is 11.0. The Hall–Kier alpha value is -3.79. The summed E-state index contributed by atoms with van der Waals surface area (Å²) < 4.78 is 35.4. The van der Waals surface area contributed by atoms with Crippen molar-refractivity contribution in [3.05, 3.63) is 58.3 Å². The first-order chi connectivity index (χ1) is 16.4. The van der Waals surface area contributed by atoms with Gasteiger partial charge in [-0.1, -0.05) is 17.7 Å². The van der Waals surface area contributed by atoms with Crippen LogP contribution in [0.4, 0.5) is 26.2 Å². The molecule has 1 fully saturated rings. The Kier molecular flexibility index (Phi) is 5.74. The molecule has 2 aliphatic rings. The van der Waals surface area contributed by atoms with Gasteiger partial charge >= 0.3 is 6.01 Å². The van der Waals surface area contributed by atoms with Crippen molar-refractivity contribution in [3.8, 4) is 11.8 Å². The number of fused-ring (bicyclic) bond motifs is 1. The number of H-pyrrole nitrogens is 1. The predicted molar refractivity (Wildman–Crippen MR) is 125 cm³/mol. The molecule has 0 spiro atoms. The van der Waals surface area contributed by atoms with Gasteiger partial charge < -0.3 is 20.1 Å². The minimum Gasteiger partial charge on any atom is -0.421 e. The lowest BCUT2D eigenvalue weighted by Gasteiger charge is -2.18. The highest BCUT2D eigenvalue weighted by Gasteiger charge is 2.25. The summed E-state index contributed by atoms with van der Waals surface area (Å²) in [5.41, 5.74) is 2.19. The van der Waals surface area contributed by atoms with Gasteiger partial charge in [-0.25, -0.2) is 8.78 Å². The maximum atomic E-state index is 15.1. The number of aromatic nitrogens is 4. The van der Waals surface area contributed by atoms with E-state index in [9.17, 15) is 9.50 Å². The number of anilines is 3. The number of β-amino-alcohol motifs (C(OH)–C–C–N with tert-alkyl or cyclic N) is 1. The number of allylic oxidation sites excluding steroid dienone is 2. The molecule has 1 unspecified atom stereocenters. The highest BCUT2D eigenvalue weighted by molar-refractivity contribution is 5.66. The van der Waals surface area contributed by atoms with Crippen LogP contribution in [0.5, 0.6) is 11.8 Å². The van der Waals surface area contributed by atoms with E-state index in [-0.39, 0.29) is 17.3 Å². The van der Waals surface area contributed by atoms with E-state index in [4.69, 9.17) is 4.74 Å². The van der Waals surface area contributed by atoms with Crippen LogP contribution >= 0.6 is 0 Å². The maximum Gasteiger partial charge on any atom is 0.326 e. The number of hydrogen-bond acceptors (Lipinski definition) is 7. The minimum atomic E-state index is -0.656. The van der Waals surface area contributed by atoms with Gasteiger partial charge in [0.15, 0.2) is 17.4 Å². The second kappa shape index (κ2) is 8.86. The van der Waals surface area contributed by atoms with Crippen molar-refractivity contribution in [2.24, 2.45) is 0 Å². The van der Waals surface area contributed by atoms with E-state index in [1.54, 1.807) is 18.2 Å². The van der Waals surface area contributed by atoms with E-state index < -0.39 is 17.7 Å². The number of benzene rings is 1. The molecule has 34 heavy (non-hydrogen) atoms. The third-order valence-electron chi connectivity index (χ3n) is 5.75. The highest BCUT2D eigenvalue weighted by atomic mass is 19.1. The van der Waals surface area contributed by atoms with Crippen molar-refractivity contribution in [1.29, 1.82) is 0 Å². The first-order valence-electron chi connectivity index (χ1n) is 11.0. The van der Waals surface area contributed by atoms with Crippen molar-refractivity contribution >= 4 is 29.6 Å². The van der Waals surface area contributed by atoms with Crippen LogP contribution in [0.3, 0.4) is 0 Å². The van der Waals surface area contributed by atoms with Gasteiger partial charge in [0.25, 0.3) is 0 Å². The van der Waals surface area contributed by atoms with Crippen LogP contribution < -0.4 is 15.0 Å². The Morgan fingerprint density at radius 1 is 1.24 bits per heavy atom. The Balaban J connectivity index is 1.49. The number of aromatic amines is 1. The quantitative estimate of drug-likeness (QED) is 0.489. The van der Waals surface area contributed by atoms with Crippen LogP contribution in [0.15, 0.2) is 29.8 Å². The van der Waals surface area contributed by atoms with Gasteiger partial charge in [0.1, 0.15) is 17.5 Å². The molecular formula is C24H24F2N6O2. The number of hydrogen-bond donors (Lipinski definition) is 3. The van der Waals surface area contributed by atoms with E-state index >= 15 is 4.39 Å². The van der Waals surface area contributed by atoms with Gasteiger partial charge in [0.05, 0.1) is 11.8 Å². The summed E-state index contributed by atoms with van der Waals surface area (Å²) in [6.07, 6.45) is 5.87. The third kappa shape index (κ3) is 4.36. The van der Waals surface area contributed by atoms with E-state index in [1.807, 2.05) is 30.9 Å². The lowest BCUT2D eigenvalue weighted by molar-refractivity contribution is 0.198. The van der Waals surface area contributed by atoms with Gasteiger partial charge in [0, 0.05) is 42.4 Å². The molecule has 10 heteroatoms. The first kappa shape index (κ1) is 22.0. The van der Waals surface area contributed by atoms with E-state index in [0.29, 0.717) is 48.9 Å². The van der Waals surface area contributed by atoms with E-state index in [1.165, 1.54) is 0 Å². The maximum absolute atomic E-state index is 15.1. The van der Waals surface area contributed by atoms with Crippen molar-refractivity contribution < 1.29 is 18.6 Å². The number of aliphatic hydroxyl groups is 1. The molecule has 5 rings (SSSR count). The molecule has 0 radical (unpaired) electrons. The molecule has 0 bridgehead atoms. The molecule has 1 aromatic carbocycles. The Labute approximate surface area is 195 Å². The largest absolute Gasteiger partial charge is 0.421 e. The lowest BCUT2D eigenvalue weighted by atomic mass is 10.1. The lowest BCUT2D eigenvalue weighted by Crippen LogP contribution is -2.22. The number of nitrogens with one attached hydrogen (secondary N) is 2. The van der Waals surface area contributed by atoms with Crippen LogP contribution in [0.2, 0.25) is 0 Å². The van der Waals surface area contributed by atoms with Crippen LogP contribution in [-0.2, 0) is 6.42 Å². The molecule has 3 N–H and O–H groups in total. The zero-order valence-corrected chi connectivity index (χ0v) is 18.8. The van der Waals surface area contributed by atoms with Gasteiger partial charge in [-0.3, -0.25) is 5.10 Å². The Bertz CT molecular complexity index is 1300. The molecular weight excluding hydrogens is 442 g/mol. The van der Waals surface area contributed by atoms with Crippen molar-refractivity contribution in [3.63, 3.8) is 0 Å².